The van der Waals surface area contributed by atoms with Crippen molar-refractivity contribution in [2.75, 3.05) is 17.7 Å². The van der Waals surface area contributed by atoms with E-state index < -0.39 is 17.6 Å². The van der Waals surface area contributed by atoms with Gasteiger partial charge in [-0.25, -0.2) is 0 Å². The summed E-state index contributed by atoms with van der Waals surface area (Å²) in [5, 5.41) is 11.2. The first-order valence-electron chi connectivity index (χ1n) is 9.01. The van der Waals surface area contributed by atoms with E-state index in [0.29, 0.717) is 18.1 Å². The highest BCUT2D eigenvalue weighted by Gasteiger charge is 2.33. The smallest absolute Gasteiger partial charge is 0.376 e. The number of para-hydroxylation sites is 1. The first-order valence-corrected chi connectivity index (χ1v) is 9.99. The molecule has 1 aromatic heterocycles. The summed E-state index contributed by atoms with van der Waals surface area (Å²) in [6, 6.07) is 4.91. The van der Waals surface area contributed by atoms with Crippen LogP contribution in [0, 0.1) is 0 Å². The van der Waals surface area contributed by atoms with Crippen LogP contribution in [0.4, 0.5) is 18.9 Å². The predicted molar refractivity (Wildman–Crippen MR) is 99.2 cm³/mol. The van der Waals surface area contributed by atoms with Crippen LogP contribution in [0.25, 0.3) is 0 Å². The van der Waals surface area contributed by atoms with Crippen LogP contribution in [-0.4, -0.2) is 39.1 Å². The molecule has 0 spiro atoms. The van der Waals surface area contributed by atoms with Crippen LogP contribution < -0.4 is 5.32 Å². The molecule has 1 saturated heterocycles. The molecule has 0 aliphatic carbocycles. The largest absolute Gasteiger partial charge is 0.418 e. The number of halogens is 3. The molecule has 2 heterocycles. The minimum absolute atomic E-state index is 0.0699. The molecule has 0 radical (unpaired) electrons. The third-order valence-corrected chi connectivity index (χ3v) is 5.33. The zero-order valence-electron chi connectivity index (χ0n) is 15.3. The van der Waals surface area contributed by atoms with E-state index >= 15 is 0 Å². The number of nitrogens with one attached hydrogen (secondary N) is 1. The molecule has 152 valence electrons. The average molecular weight is 414 g/mol. The standard InChI is InChI=1S/C18H21F3N4O2S/c1-2-15-23-24-17(25(15)10-12-6-5-9-27-12)28-11-16(26)22-14-8-4-3-7-13(14)18(19,20)21/h3-4,7-8,12H,2,5-6,9-11H2,1H3,(H,22,26). The number of hydrogen-bond acceptors (Lipinski definition) is 5. The molecule has 3 rings (SSSR count). The van der Waals surface area contributed by atoms with Crippen molar-refractivity contribution in [1.29, 1.82) is 0 Å². The van der Waals surface area contributed by atoms with Crippen molar-refractivity contribution >= 4 is 23.4 Å². The Hall–Kier alpha value is -2.07. The van der Waals surface area contributed by atoms with Crippen LogP contribution in [-0.2, 0) is 28.7 Å². The Balaban J connectivity index is 1.65. The summed E-state index contributed by atoms with van der Waals surface area (Å²) >= 11 is 1.15. The van der Waals surface area contributed by atoms with Crippen molar-refractivity contribution in [2.24, 2.45) is 0 Å². The minimum Gasteiger partial charge on any atom is -0.376 e. The van der Waals surface area contributed by atoms with Gasteiger partial charge in [0.15, 0.2) is 5.16 Å². The highest BCUT2D eigenvalue weighted by molar-refractivity contribution is 7.99. The normalized spacial score (nSPS) is 17.1. The lowest BCUT2D eigenvalue weighted by atomic mass is 10.1. The lowest BCUT2D eigenvalue weighted by Crippen LogP contribution is -2.20. The Bertz CT molecular complexity index is 819. The maximum atomic E-state index is 13.0. The van der Waals surface area contributed by atoms with Gasteiger partial charge in [-0.2, -0.15) is 13.2 Å². The van der Waals surface area contributed by atoms with E-state index in [1.54, 1.807) is 0 Å². The van der Waals surface area contributed by atoms with Gasteiger partial charge in [-0.3, -0.25) is 4.79 Å². The first kappa shape index (κ1) is 20.7. The van der Waals surface area contributed by atoms with Gasteiger partial charge in [0.1, 0.15) is 5.82 Å². The molecule has 1 unspecified atom stereocenters. The quantitative estimate of drug-likeness (QED) is 0.699. The molecule has 2 aromatic rings. The monoisotopic (exact) mass is 414 g/mol. The molecule has 1 fully saturated rings. The number of amides is 1. The molecule has 0 bridgehead atoms. The second-order valence-corrected chi connectivity index (χ2v) is 7.32. The summed E-state index contributed by atoms with van der Waals surface area (Å²) in [4.78, 5) is 12.2. The predicted octanol–water partition coefficient (Wildman–Crippen LogP) is 3.77. The summed E-state index contributed by atoms with van der Waals surface area (Å²) in [6.45, 7) is 3.31. The Morgan fingerprint density at radius 3 is 2.82 bits per heavy atom. The summed E-state index contributed by atoms with van der Waals surface area (Å²) in [7, 11) is 0. The maximum absolute atomic E-state index is 13.0. The van der Waals surface area contributed by atoms with Gasteiger partial charge in [-0.15, -0.1) is 10.2 Å². The van der Waals surface area contributed by atoms with Crippen molar-refractivity contribution in [1.82, 2.24) is 14.8 Å². The summed E-state index contributed by atoms with van der Waals surface area (Å²) in [6.07, 6.45) is -1.79. The highest BCUT2D eigenvalue weighted by Crippen LogP contribution is 2.34. The van der Waals surface area contributed by atoms with Gasteiger partial charge in [0.25, 0.3) is 0 Å². The number of benzene rings is 1. The second kappa shape index (κ2) is 8.95. The van der Waals surface area contributed by atoms with E-state index in [1.807, 2.05) is 11.5 Å². The zero-order chi connectivity index (χ0) is 20.1. The zero-order valence-corrected chi connectivity index (χ0v) is 16.1. The fourth-order valence-electron chi connectivity index (χ4n) is 3.02. The molecule has 0 saturated carbocycles. The van der Waals surface area contributed by atoms with E-state index in [4.69, 9.17) is 4.74 Å². The molecule has 1 N–H and O–H groups in total. The number of ether oxygens (including phenoxy) is 1. The number of alkyl halides is 3. The topological polar surface area (TPSA) is 69.0 Å². The van der Waals surface area contributed by atoms with Crippen LogP contribution >= 0.6 is 11.8 Å². The molecular weight excluding hydrogens is 393 g/mol. The minimum atomic E-state index is -4.53. The molecule has 1 amide bonds. The third kappa shape index (κ3) is 5.05. The molecule has 1 atom stereocenters. The van der Waals surface area contributed by atoms with E-state index in [1.165, 1.54) is 18.2 Å². The van der Waals surface area contributed by atoms with Crippen molar-refractivity contribution in [2.45, 2.75) is 50.2 Å². The highest BCUT2D eigenvalue weighted by atomic mass is 32.2. The van der Waals surface area contributed by atoms with Crippen LogP contribution in [0.3, 0.4) is 0 Å². The number of carbonyl (C=O) groups excluding carboxylic acids is 1. The van der Waals surface area contributed by atoms with Gasteiger partial charge < -0.3 is 14.6 Å². The lowest BCUT2D eigenvalue weighted by Gasteiger charge is -2.15. The number of anilines is 1. The third-order valence-electron chi connectivity index (χ3n) is 4.36. The molecule has 6 nitrogen and oxygen atoms in total. The Morgan fingerprint density at radius 2 is 2.14 bits per heavy atom. The van der Waals surface area contributed by atoms with Gasteiger partial charge in [0, 0.05) is 13.0 Å². The van der Waals surface area contributed by atoms with Gasteiger partial charge in [-0.1, -0.05) is 30.8 Å². The van der Waals surface area contributed by atoms with Crippen molar-refractivity contribution in [3.63, 3.8) is 0 Å². The van der Waals surface area contributed by atoms with Crippen LogP contribution in [0.5, 0.6) is 0 Å². The van der Waals surface area contributed by atoms with Crippen molar-refractivity contribution in [3.05, 3.63) is 35.7 Å². The average Bonchev–Trinajstić information content (AvgIpc) is 3.30. The fourth-order valence-corrected chi connectivity index (χ4v) is 3.79. The summed E-state index contributed by atoms with van der Waals surface area (Å²) < 4.78 is 46.7. The summed E-state index contributed by atoms with van der Waals surface area (Å²) in [5.41, 5.74) is -1.13. The number of rotatable bonds is 7. The van der Waals surface area contributed by atoms with Gasteiger partial charge in [0.2, 0.25) is 5.91 Å². The van der Waals surface area contributed by atoms with Gasteiger partial charge in [-0.05, 0) is 25.0 Å². The molecule has 1 aliphatic heterocycles. The maximum Gasteiger partial charge on any atom is 0.418 e. The molecule has 1 aromatic carbocycles. The SMILES string of the molecule is CCc1nnc(SCC(=O)Nc2ccccc2C(F)(F)F)n1CC1CCCO1. The number of carbonyl (C=O) groups is 1. The van der Waals surface area contributed by atoms with Crippen molar-refractivity contribution in [3.8, 4) is 0 Å². The molecule has 28 heavy (non-hydrogen) atoms. The van der Waals surface area contributed by atoms with Crippen LogP contribution in [0.1, 0.15) is 31.2 Å². The number of thioether (sulfide) groups is 1. The van der Waals surface area contributed by atoms with Gasteiger partial charge in [0.05, 0.1) is 29.7 Å². The van der Waals surface area contributed by atoms with Crippen LogP contribution in [0.2, 0.25) is 0 Å². The number of aryl methyl sites for hydroxylation is 1. The lowest BCUT2D eigenvalue weighted by molar-refractivity contribution is -0.137. The van der Waals surface area contributed by atoms with Crippen molar-refractivity contribution < 1.29 is 22.7 Å². The Kier molecular flexibility index (Phi) is 6.61. The molecule has 1 aliphatic rings. The fraction of sp³-hybridized carbons (Fsp3) is 0.500. The first-order chi connectivity index (χ1) is 13.4. The van der Waals surface area contributed by atoms with Crippen LogP contribution in [0.15, 0.2) is 29.4 Å². The Labute approximate surface area is 164 Å². The number of hydrogen-bond donors (Lipinski definition) is 1. The molecular formula is C18H21F3N4O2S. The summed E-state index contributed by atoms with van der Waals surface area (Å²) in [5.74, 6) is 0.187. The van der Waals surface area contributed by atoms with E-state index in [-0.39, 0.29) is 17.5 Å². The van der Waals surface area contributed by atoms with E-state index in [0.717, 1.165) is 43.1 Å². The van der Waals surface area contributed by atoms with E-state index in [2.05, 4.69) is 15.5 Å². The Morgan fingerprint density at radius 1 is 1.36 bits per heavy atom. The number of nitrogens with zero attached hydrogens (tertiary/aromatic N) is 3. The second-order valence-electron chi connectivity index (χ2n) is 6.38. The molecule has 10 heteroatoms. The number of aromatic nitrogens is 3. The van der Waals surface area contributed by atoms with E-state index in [9.17, 15) is 18.0 Å². The van der Waals surface area contributed by atoms with Gasteiger partial charge >= 0.3 is 6.18 Å².